The lowest BCUT2D eigenvalue weighted by Crippen LogP contribution is -2.40. The van der Waals surface area contributed by atoms with Gasteiger partial charge in [0.05, 0.1) is 0 Å². The molecule has 2 unspecified atom stereocenters. The Labute approximate surface area is 207 Å². The van der Waals surface area contributed by atoms with E-state index in [1.54, 1.807) is 6.92 Å². The molecule has 0 saturated heterocycles. The van der Waals surface area contributed by atoms with Gasteiger partial charge >= 0.3 is 5.97 Å². The molecule has 0 N–H and O–H groups in total. The first-order chi connectivity index (χ1) is 17.1. The van der Waals surface area contributed by atoms with E-state index in [1.165, 1.54) is 5.56 Å². The standard InChI is InChI=1S/C32H30O3/c1-25(2)31(33)35-32(29-19-11-5-12-20-29,34-30-21-13-6-14-22-30)24-28(27-17-9-4-10-18-27)23-26-15-7-3-8-16-26/h3-22,28H,1,23-24H2,2H3. The summed E-state index contributed by atoms with van der Waals surface area (Å²) in [6.45, 7) is 5.47. The van der Waals surface area contributed by atoms with Crippen LogP contribution >= 0.6 is 0 Å². The molecule has 4 aromatic carbocycles. The number of esters is 1. The summed E-state index contributed by atoms with van der Waals surface area (Å²) in [6.07, 6.45) is 1.19. The van der Waals surface area contributed by atoms with Crippen molar-refractivity contribution in [2.75, 3.05) is 0 Å². The molecule has 3 nitrogen and oxygen atoms in total. The summed E-state index contributed by atoms with van der Waals surface area (Å²) in [6, 6.07) is 39.9. The molecule has 0 aromatic heterocycles. The van der Waals surface area contributed by atoms with Gasteiger partial charge in [0.15, 0.2) is 0 Å². The fraction of sp³-hybridized carbons (Fsp3) is 0.156. The Balaban J connectivity index is 1.83. The van der Waals surface area contributed by atoms with Gasteiger partial charge in [0, 0.05) is 17.6 Å². The first kappa shape index (κ1) is 24.0. The minimum atomic E-state index is -1.35. The number of carbonyl (C=O) groups excluding carboxylic acids is 1. The van der Waals surface area contributed by atoms with E-state index < -0.39 is 11.8 Å². The van der Waals surface area contributed by atoms with Gasteiger partial charge in [-0.05, 0) is 42.5 Å². The van der Waals surface area contributed by atoms with E-state index in [0.717, 1.165) is 17.5 Å². The van der Waals surface area contributed by atoms with Gasteiger partial charge in [-0.1, -0.05) is 116 Å². The molecule has 0 bridgehead atoms. The van der Waals surface area contributed by atoms with Crippen molar-refractivity contribution in [3.8, 4) is 5.75 Å². The molecule has 0 heterocycles. The van der Waals surface area contributed by atoms with Gasteiger partial charge in [-0.2, -0.15) is 0 Å². The fourth-order valence-corrected chi connectivity index (χ4v) is 4.20. The van der Waals surface area contributed by atoms with Gasteiger partial charge < -0.3 is 9.47 Å². The highest BCUT2D eigenvalue weighted by molar-refractivity contribution is 5.87. The first-order valence-electron chi connectivity index (χ1n) is 11.8. The molecule has 35 heavy (non-hydrogen) atoms. The number of hydrogen-bond acceptors (Lipinski definition) is 3. The predicted octanol–water partition coefficient (Wildman–Crippen LogP) is 7.45. The second-order valence-corrected chi connectivity index (χ2v) is 8.71. The van der Waals surface area contributed by atoms with Gasteiger partial charge in [-0.25, -0.2) is 4.79 Å². The number of para-hydroxylation sites is 1. The molecule has 0 aliphatic carbocycles. The third-order valence-electron chi connectivity index (χ3n) is 5.96. The molecule has 0 fully saturated rings. The lowest BCUT2D eigenvalue weighted by molar-refractivity contribution is -0.203. The summed E-state index contributed by atoms with van der Waals surface area (Å²) in [5, 5.41) is 0. The van der Waals surface area contributed by atoms with Crippen molar-refractivity contribution in [2.45, 2.75) is 31.5 Å². The molecule has 0 aliphatic rings. The highest BCUT2D eigenvalue weighted by Gasteiger charge is 2.42. The van der Waals surface area contributed by atoms with E-state index in [9.17, 15) is 4.79 Å². The molecule has 176 valence electrons. The van der Waals surface area contributed by atoms with Crippen molar-refractivity contribution in [1.29, 1.82) is 0 Å². The molecule has 3 heteroatoms. The van der Waals surface area contributed by atoms with Crippen LogP contribution in [0.4, 0.5) is 0 Å². The van der Waals surface area contributed by atoms with Crippen LogP contribution in [0.5, 0.6) is 5.75 Å². The Kier molecular flexibility index (Phi) is 7.79. The van der Waals surface area contributed by atoms with E-state index in [0.29, 0.717) is 17.7 Å². The molecule has 4 rings (SSSR count). The zero-order valence-corrected chi connectivity index (χ0v) is 20.0. The van der Waals surface area contributed by atoms with Crippen molar-refractivity contribution in [1.82, 2.24) is 0 Å². The predicted molar refractivity (Wildman–Crippen MR) is 140 cm³/mol. The second-order valence-electron chi connectivity index (χ2n) is 8.71. The van der Waals surface area contributed by atoms with Crippen molar-refractivity contribution in [3.05, 3.63) is 150 Å². The maximum absolute atomic E-state index is 13.0. The smallest absolute Gasteiger partial charge is 0.336 e. The minimum Gasteiger partial charge on any atom is -0.448 e. The number of benzene rings is 4. The quantitative estimate of drug-likeness (QED) is 0.139. The summed E-state index contributed by atoms with van der Waals surface area (Å²) < 4.78 is 12.8. The molecule has 2 atom stereocenters. The molecule has 0 amide bonds. The minimum absolute atomic E-state index is 0.0143. The van der Waals surface area contributed by atoms with Gasteiger partial charge in [0.2, 0.25) is 0 Å². The van der Waals surface area contributed by atoms with Gasteiger partial charge in [0.1, 0.15) is 5.75 Å². The van der Waals surface area contributed by atoms with E-state index in [-0.39, 0.29) is 5.92 Å². The van der Waals surface area contributed by atoms with Crippen LogP contribution < -0.4 is 4.74 Å². The summed E-state index contributed by atoms with van der Waals surface area (Å²) >= 11 is 0. The van der Waals surface area contributed by atoms with Crippen LogP contribution in [0.3, 0.4) is 0 Å². The average Bonchev–Trinajstić information content (AvgIpc) is 2.90. The van der Waals surface area contributed by atoms with Crippen LogP contribution in [-0.2, 0) is 21.7 Å². The second kappa shape index (κ2) is 11.3. The number of rotatable bonds is 10. The summed E-state index contributed by atoms with van der Waals surface area (Å²) in [4.78, 5) is 13.0. The first-order valence-corrected chi connectivity index (χ1v) is 11.8. The lowest BCUT2D eigenvalue weighted by Gasteiger charge is -2.37. The van der Waals surface area contributed by atoms with Crippen molar-refractivity contribution >= 4 is 5.97 Å². The van der Waals surface area contributed by atoms with E-state index in [4.69, 9.17) is 9.47 Å². The van der Waals surface area contributed by atoms with E-state index >= 15 is 0 Å². The van der Waals surface area contributed by atoms with Crippen LogP contribution in [0, 0.1) is 0 Å². The van der Waals surface area contributed by atoms with Crippen LogP contribution in [-0.4, -0.2) is 5.97 Å². The highest BCUT2D eigenvalue weighted by atomic mass is 16.7. The third-order valence-corrected chi connectivity index (χ3v) is 5.96. The van der Waals surface area contributed by atoms with E-state index in [2.05, 4.69) is 30.8 Å². The molecule has 4 aromatic rings. The fourth-order valence-electron chi connectivity index (χ4n) is 4.20. The average molecular weight is 463 g/mol. The molecule has 0 radical (unpaired) electrons. The lowest BCUT2D eigenvalue weighted by atomic mass is 9.84. The Hall–Kier alpha value is -4.11. The number of ether oxygens (including phenoxy) is 2. The van der Waals surface area contributed by atoms with Crippen molar-refractivity contribution in [3.63, 3.8) is 0 Å². The normalized spacial score (nSPS) is 13.3. The largest absolute Gasteiger partial charge is 0.448 e. The summed E-state index contributed by atoms with van der Waals surface area (Å²) in [5.41, 5.74) is 3.45. The monoisotopic (exact) mass is 462 g/mol. The highest BCUT2D eigenvalue weighted by Crippen LogP contribution is 2.40. The molecule has 0 aliphatic heterocycles. The molecular formula is C32H30O3. The van der Waals surface area contributed by atoms with Crippen LogP contribution in [0.25, 0.3) is 0 Å². The molecule has 0 spiro atoms. The maximum atomic E-state index is 13.0. The van der Waals surface area contributed by atoms with E-state index in [1.807, 2.05) is 97.1 Å². The third kappa shape index (κ3) is 6.27. The Morgan fingerprint density at radius 3 is 1.86 bits per heavy atom. The SMILES string of the molecule is C=C(C)C(=O)OC(CC(Cc1ccccc1)c1ccccc1)(Oc1ccccc1)c1ccccc1. The van der Waals surface area contributed by atoms with Gasteiger partial charge in [-0.3, -0.25) is 0 Å². The van der Waals surface area contributed by atoms with Gasteiger partial charge in [0.25, 0.3) is 5.79 Å². The zero-order valence-electron chi connectivity index (χ0n) is 20.0. The van der Waals surface area contributed by atoms with Crippen LogP contribution in [0.2, 0.25) is 0 Å². The Bertz CT molecular complexity index is 1220. The number of carbonyl (C=O) groups is 1. The maximum Gasteiger partial charge on any atom is 0.336 e. The topological polar surface area (TPSA) is 35.5 Å². The zero-order chi connectivity index (χ0) is 24.5. The number of hydrogen-bond donors (Lipinski definition) is 0. The van der Waals surface area contributed by atoms with Crippen molar-refractivity contribution < 1.29 is 14.3 Å². The Morgan fingerprint density at radius 1 is 0.771 bits per heavy atom. The van der Waals surface area contributed by atoms with Gasteiger partial charge in [-0.15, -0.1) is 0 Å². The summed E-state index contributed by atoms with van der Waals surface area (Å²) in [7, 11) is 0. The Morgan fingerprint density at radius 2 is 1.29 bits per heavy atom. The summed E-state index contributed by atoms with van der Waals surface area (Å²) in [5.74, 6) is -1.21. The molecule has 0 saturated carbocycles. The van der Waals surface area contributed by atoms with Crippen LogP contribution in [0.1, 0.15) is 36.0 Å². The van der Waals surface area contributed by atoms with Crippen molar-refractivity contribution in [2.24, 2.45) is 0 Å². The van der Waals surface area contributed by atoms with Crippen LogP contribution in [0.15, 0.2) is 133 Å². The molecular weight excluding hydrogens is 432 g/mol.